The van der Waals surface area contributed by atoms with Crippen molar-refractivity contribution in [2.45, 2.75) is 98.7 Å². The first-order valence-electron chi connectivity index (χ1n) is 22.6. The molecule has 0 saturated heterocycles. The molecule has 0 aromatic heterocycles. The van der Waals surface area contributed by atoms with Gasteiger partial charge in [-0.15, -0.1) is 0 Å². The first-order chi connectivity index (χ1) is 32.3. The highest BCUT2D eigenvalue weighted by atomic mass is 16.7. The zero-order chi connectivity index (χ0) is 49.6. The molecule has 2 amide bonds. The summed E-state index contributed by atoms with van der Waals surface area (Å²) < 4.78 is 30.2. The van der Waals surface area contributed by atoms with Crippen molar-refractivity contribution in [1.29, 1.82) is 0 Å². The highest BCUT2D eigenvalue weighted by molar-refractivity contribution is 6.21. The summed E-state index contributed by atoms with van der Waals surface area (Å²) in [6, 6.07) is 20.1. The topological polar surface area (TPSA) is 211 Å². The SMILES string of the molecule is CO[C@H]1/C=C/O[C@@]2(C)Oc3c(C)c(O)c4c(O)c(cc(OCC(=O)N(Cc5ccccc5)Cc5ccccc5)c4c3C2=O)NC(=O)/C(C)=C\C=C\[C@@H](C)[C@@H](O)[C@@H](C)[C@H](O)[C@@H](C)[C@H](OC(C)=O)[C@@H]1C. The van der Waals surface area contributed by atoms with Crippen LogP contribution in [0.5, 0.6) is 23.0 Å². The molecule has 0 aliphatic carbocycles. The maximum Gasteiger partial charge on any atom is 0.312 e. The van der Waals surface area contributed by atoms with Crippen LogP contribution in [0.4, 0.5) is 5.69 Å². The van der Waals surface area contributed by atoms with Crippen molar-refractivity contribution in [3.05, 3.63) is 125 Å². The Morgan fingerprint density at radius 1 is 0.838 bits per heavy atom. The van der Waals surface area contributed by atoms with Crippen LogP contribution in [0.2, 0.25) is 0 Å². The maximum absolute atomic E-state index is 14.8. The number of nitrogens with zero attached hydrogens (tertiary/aromatic N) is 1. The minimum absolute atomic E-state index is 0.0623. The largest absolute Gasteiger partial charge is 0.507 e. The quantitative estimate of drug-likeness (QED) is 0.0808. The monoisotopic (exact) mass is 934 g/mol. The number of aliphatic hydroxyl groups excluding tert-OH is 2. The number of Topliss-reactive ketones (excluding diaryl/α,β-unsaturated/α-hetero) is 1. The molecular formula is C53H62N2O13. The molecule has 5 N–H and O–H groups in total. The average molecular weight is 935 g/mol. The number of methoxy groups -OCH3 is 1. The summed E-state index contributed by atoms with van der Waals surface area (Å²) in [7, 11) is 1.44. The number of hydrogen-bond donors (Lipinski definition) is 5. The van der Waals surface area contributed by atoms with Crippen LogP contribution >= 0.6 is 0 Å². The molecule has 0 spiro atoms. The Kier molecular flexibility index (Phi) is 16.1. The number of carbonyl (C=O) groups is 4. The van der Waals surface area contributed by atoms with Gasteiger partial charge in [0, 0.05) is 80.3 Å². The normalized spacial score (nSPS) is 27.3. The van der Waals surface area contributed by atoms with E-state index in [9.17, 15) is 39.6 Å². The fourth-order valence-corrected chi connectivity index (χ4v) is 8.82. The molecule has 15 heteroatoms. The summed E-state index contributed by atoms with van der Waals surface area (Å²) in [5, 5.41) is 49.1. The first kappa shape index (κ1) is 50.7. The van der Waals surface area contributed by atoms with Crippen LogP contribution in [0.25, 0.3) is 10.8 Å². The van der Waals surface area contributed by atoms with E-state index in [4.69, 9.17) is 23.7 Å². The summed E-state index contributed by atoms with van der Waals surface area (Å²) in [6.07, 6.45) is 3.55. The number of amides is 2. The molecule has 0 saturated carbocycles. The van der Waals surface area contributed by atoms with Crippen LogP contribution in [0, 0.1) is 30.6 Å². The maximum atomic E-state index is 14.8. The highest BCUT2D eigenvalue weighted by Crippen LogP contribution is 2.54. The van der Waals surface area contributed by atoms with Crippen molar-refractivity contribution in [1.82, 2.24) is 4.90 Å². The zero-order valence-corrected chi connectivity index (χ0v) is 39.9. The molecule has 15 nitrogen and oxygen atoms in total. The van der Waals surface area contributed by atoms with Crippen molar-refractivity contribution in [2.75, 3.05) is 19.0 Å². The first-order valence-corrected chi connectivity index (χ1v) is 22.6. The number of phenolic OH excluding ortho intramolecular Hbond substituents is 2. The molecule has 68 heavy (non-hydrogen) atoms. The molecule has 4 aromatic carbocycles. The van der Waals surface area contributed by atoms with Crippen LogP contribution in [0.15, 0.2) is 103 Å². The smallest absolute Gasteiger partial charge is 0.312 e. The van der Waals surface area contributed by atoms with Crippen LogP contribution < -0.4 is 14.8 Å². The number of ketones is 1. The Morgan fingerprint density at radius 3 is 2.04 bits per heavy atom. The van der Waals surface area contributed by atoms with Gasteiger partial charge in [-0.1, -0.05) is 107 Å². The lowest BCUT2D eigenvalue weighted by Crippen LogP contribution is -2.46. The number of anilines is 1. The van der Waals surface area contributed by atoms with Gasteiger partial charge in [0.2, 0.25) is 0 Å². The Labute approximate surface area is 396 Å². The van der Waals surface area contributed by atoms with E-state index in [0.29, 0.717) is 0 Å². The number of carbonyl (C=O) groups excluding carboxylic acids is 4. The molecule has 362 valence electrons. The van der Waals surface area contributed by atoms with Gasteiger partial charge in [0.1, 0.15) is 23.4 Å². The lowest BCUT2D eigenvalue weighted by atomic mass is 9.78. The molecule has 0 unspecified atom stereocenters. The fraction of sp³-hybridized carbons (Fsp3) is 0.396. The van der Waals surface area contributed by atoms with Gasteiger partial charge in [0.05, 0.1) is 41.2 Å². The Hall–Kier alpha value is -6.68. The van der Waals surface area contributed by atoms with Crippen LogP contribution in [-0.2, 0) is 41.7 Å². The number of benzene rings is 4. The van der Waals surface area contributed by atoms with Crippen molar-refractivity contribution in [3.63, 3.8) is 0 Å². The molecule has 0 radical (unpaired) electrons. The number of aliphatic hydroxyl groups is 2. The Balaban J connectivity index is 1.47. The van der Waals surface area contributed by atoms with Gasteiger partial charge >= 0.3 is 11.8 Å². The third kappa shape index (κ3) is 10.9. The van der Waals surface area contributed by atoms with Gasteiger partial charge in [-0.3, -0.25) is 19.2 Å². The second-order valence-corrected chi connectivity index (χ2v) is 17.9. The van der Waals surface area contributed by atoms with E-state index >= 15 is 0 Å². The predicted molar refractivity (Wildman–Crippen MR) is 255 cm³/mol. The minimum Gasteiger partial charge on any atom is -0.507 e. The number of nitrogens with one attached hydrogen (secondary N) is 1. The van der Waals surface area contributed by atoms with E-state index in [2.05, 4.69) is 5.32 Å². The molecule has 3 heterocycles. The van der Waals surface area contributed by atoms with E-state index in [1.807, 2.05) is 60.7 Å². The minimum atomic E-state index is -2.06. The van der Waals surface area contributed by atoms with Gasteiger partial charge in [-0.25, -0.2) is 0 Å². The van der Waals surface area contributed by atoms with Gasteiger partial charge in [-0.05, 0) is 31.1 Å². The molecular weight excluding hydrogens is 873 g/mol. The predicted octanol–water partition coefficient (Wildman–Crippen LogP) is 7.66. The standard InChI is InChI=1S/C53H62N2O13/c1-29-17-16-18-30(2)52(63)54-38-25-40(65-28-41(57)55(26-36-19-12-10-13-20-36)27-37-21-14-11-15-22-37)42-43(48(38)61)47(60)34(6)50-44(42)51(62)53(8,68-50)66-24-23-39(64-9)31(3)49(67-35(7)56)33(5)46(59)32(4)45(29)58/h10-25,29,31-33,39,45-46,49,58-61H,26-28H2,1-9H3,(H,54,63)/b17-16+,24-23+,30-18-/t29-,31-,32-,33-,39+,45-,46+,49-,53+/m1/s1. The number of fused-ring (bicyclic) bond motifs is 14. The number of rotatable bonds is 9. The van der Waals surface area contributed by atoms with E-state index in [-0.39, 0.29) is 57.7 Å². The van der Waals surface area contributed by atoms with E-state index < -0.39 is 95.5 Å². The van der Waals surface area contributed by atoms with Crippen LogP contribution in [-0.4, -0.2) is 92.8 Å². The number of phenols is 2. The molecule has 7 rings (SSSR count). The highest BCUT2D eigenvalue weighted by Gasteiger charge is 2.50. The van der Waals surface area contributed by atoms with Crippen molar-refractivity contribution >= 4 is 40.0 Å². The van der Waals surface area contributed by atoms with Crippen LogP contribution in [0.1, 0.15) is 75.5 Å². The number of allylic oxidation sites excluding steroid dienone is 2. The molecule has 3 aliphatic heterocycles. The molecule has 9 atom stereocenters. The average Bonchev–Trinajstić information content (AvgIpc) is 3.59. The molecule has 4 aromatic rings. The summed E-state index contributed by atoms with van der Waals surface area (Å²) in [5.74, 6) is -8.31. The van der Waals surface area contributed by atoms with E-state index in [1.54, 1.807) is 44.7 Å². The number of hydrogen-bond acceptors (Lipinski definition) is 13. The van der Waals surface area contributed by atoms with Gasteiger partial charge in [0.15, 0.2) is 12.4 Å². The second-order valence-electron chi connectivity index (χ2n) is 17.9. The Morgan fingerprint density at radius 2 is 1.46 bits per heavy atom. The third-order valence-electron chi connectivity index (χ3n) is 13.0. The van der Waals surface area contributed by atoms with Gasteiger partial charge in [0.25, 0.3) is 17.6 Å². The van der Waals surface area contributed by atoms with Gasteiger partial charge in [-0.2, -0.15) is 0 Å². The van der Waals surface area contributed by atoms with Crippen molar-refractivity contribution in [2.24, 2.45) is 23.7 Å². The summed E-state index contributed by atoms with van der Waals surface area (Å²) >= 11 is 0. The number of esters is 1. The number of aromatic hydroxyl groups is 2. The lowest BCUT2D eigenvalue weighted by molar-refractivity contribution is -0.160. The fourth-order valence-electron chi connectivity index (χ4n) is 8.82. The molecule has 5 bridgehead atoms. The molecule has 3 aliphatic rings. The van der Waals surface area contributed by atoms with E-state index in [1.165, 1.54) is 59.3 Å². The summed E-state index contributed by atoms with van der Waals surface area (Å²) in [4.78, 5) is 56.8. The third-order valence-corrected chi connectivity index (χ3v) is 13.0. The summed E-state index contributed by atoms with van der Waals surface area (Å²) in [5.41, 5.74) is 1.67. The summed E-state index contributed by atoms with van der Waals surface area (Å²) in [6.45, 7) is 12.5. The van der Waals surface area contributed by atoms with E-state index in [0.717, 1.165) is 11.1 Å². The molecule has 0 fully saturated rings. The van der Waals surface area contributed by atoms with Crippen molar-refractivity contribution in [3.8, 4) is 23.0 Å². The Bertz CT molecular complexity index is 2550. The van der Waals surface area contributed by atoms with Crippen molar-refractivity contribution < 1.29 is 63.3 Å². The van der Waals surface area contributed by atoms with Gasteiger partial charge < -0.3 is 54.3 Å². The second kappa shape index (κ2) is 21.5. The lowest BCUT2D eigenvalue weighted by Gasteiger charge is -2.38. The number of ether oxygens (including phenoxy) is 5. The van der Waals surface area contributed by atoms with Crippen LogP contribution in [0.3, 0.4) is 0 Å². The zero-order valence-electron chi connectivity index (χ0n) is 39.9.